The van der Waals surface area contributed by atoms with Gasteiger partial charge in [0.1, 0.15) is 12.3 Å². The van der Waals surface area contributed by atoms with E-state index >= 15 is 0 Å². The van der Waals surface area contributed by atoms with Crippen molar-refractivity contribution in [3.05, 3.63) is 71.4 Å². The van der Waals surface area contributed by atoms with Crippen molar-refractivity contribution < 1.29 is 9.47 Å². The van der Waals surface area contributed by atoms with Gasteiger partial charge in [-0.3, -0.25) is 5.32 Å². The highest BCUT2D eigenvalue weighted by Gasteiger charge is 2.24. The van der Waals surface area contributed by atoms with E-state index in [0.717, 1.165) is 35.9 Å². The lowest BCUT2D eigenvalue weighted by Gasteiger charge is -2.31. The third-order valence-electron chi connectivity index (χ3n) is 4.20. The third kappa shape index (κ3) is 4.91. The summed E-state index contributed by atoms with van der Waals surface area (Å²) in [6, 6.07) is 15.7. The first-order valence-electron chi connectivity index (χ1n) is 8.45. The lowest BCUT2D eigenvalue weighted by molar-refractivity contribution is 0.128. The lowest BCUT2D eigenvalue weighted by atomic mass is 10.0. The molecule has 2 N–H and O–H groups in total. The van der Waals surface area contributed by atoms with Gasteiger partial charge in [0.2, 0.25) is 0 Å². The molecular formula is C20H23ClN2O2. The normalized spacial score (nSPS) is 17.6. The van der Waals surface area contributed by atoms with E-state index in [-0.39, 0.29) is 12.3 Å². The topological polar surface area (TPSA) is 42.5 Å². The van der Waals surface area contributed by atoms with E-state index < -0.39 is 0 Å². The molecule has 3 rings (SSSR count). The number of aryl methyl sites for hydroxylation is 1. The van der Waals surface area contributed by atoms with Crippen molar-refractivity contribution in [3.8, 4) is 11.5 Å². The zero-order valence-corrected chi connectivity index (χ0v) is 15.0. The smallest absolute Gasteiger partial charge is 0.161 e. The van der Waals surface area contributed by atoms with Crippen LogP contribution >= 0.6 is 11.6 Å². The molecule has 2 unspecified atom stereocenters. The Morgan fingerprint density at radius 2 is 1.88 bits per heavy atom. The maximum atomic E-state index is 6.31. The molecule has 0 saturated carbocycles. The summed E-state index contributed by atoms with van der Waals surface area (Å²) < 4.78 is 11.7. The van der Waals surface area contributed by atoms with Gasteiger partial charge in [-0.15, -0.1) is 0 Å². The number of methoxy groups -OCH3 is 1. The number of nitrogens with one attached hydrogen (secondary N) is 2. The van der Waals surface area contributed by atoms with Crippen molar-refractivity contribution >= 4 is 11.6 Å². The monoisotopic (exact) mass is 358 g/mol. The Kier molecular flexibility index (Phi) is 6.20. The number of benzene rings is 2. The van der Waals surface area contributed by atoms with Crippen LogP contribution in [0.15, 0.2) is 60.8 Å². The van der Waals surface area contributed by atoms with Gasteiger partial charge in [-0.05, 0) is 48.9 Å². The zero-order valence-electron chi connectivity index (χ0n) is 14.2. The summed E-state index contributed by atoms with van der Waals surface area (Å²) in [5.41, 5.74) is 1.24. The average molecular weight is 359 g/mol. The molecule has 2 aromatic carbocycles. The molecule has 4 nitrogen and oxygen atoms in total. The molecule has 0 fully saturated rings. The molecule has 1 aliphatic heterocycles. The maximum Gasteiger partial charge on any atom is 0.161 e. The molecule has 132 valence electrons. The highest BCUT2D eigenvalue weighted by Crippen LogP contribution is 2.28. The fourth-order valence-corrected chi connectivity index (χ4v) is 2.98. The molecule has 0 amide bonds. The van der Waals surface area contributed by atoms with Gasteiger partial charge in [0.05, 0.1) is 7.11 Å². The summed E-state index contributed by atoms with van der Waals surface area (Å²) >= 11 is 5.97. The molecule has 0 spiro atoms. The maximum absolute atomic E-state index is 6.31. The number of hydrogen-bond acceptors (Lipinski definition) is 4. The Labute approximate surface area is 153 Å². The van der Waals surface area contributed by atoms with Crippen molar-refractivity contribution in [3.63, 3.8) is 0 Å². The predicted molar refractivity (Wildman–Crippen MR) is 101 cm³/mol. The first kappa shape index (κ1) is 17.6. The van der Waals surface area contributed by atoms with Crippen LogP contribution in [-0.2, 0) is 6.42 Å². The van der Waals surface area contributed by atoms with Gasteiger partial charge < -0.3 is 14.8 Å². The number of rotatable bonds is 7. The molecule has 1 aliphatic rings. The fourth-order valence-electron chi connectivity index (χ4n) is 2.86. The first-order valence-corrected chi connectivity index (χ1v) is 8.82. The summed E-state index contributed by atoms with van der Waals surface area (Å²) in [5, 5.41) is 7.54. The molecule has 0 bridgehead atoms. The standard InChI is InChI=1S/C20H23ClN2O2/c1-24-17-5-2-3-6-18(17)25-19(20-22-13-4-14-23-20)12-9-15-7-10-16(21)11-8-15/h2-8,10-11,13,19-20,22-23H,9,12,14H2,1H3. The van der Waals surface area contributed by atoms with Crippen molar-refractivity contribution in [2.75, 3.05) is 13.7 Å². The molecule has 0 aliphatic carbocycles. The van der Waals surface area contributed by atoms with E-state index in [4.69, 9.17) is 21.1 Å². The van der Waals surface area contributed by atoms with E-state index in [1.54, 1.807) is 7.11 Å². The Balaban J connectivity index is 1.72. The van der Waals surface area contributed by atoms with E-state index in [1.807, 2.05) is 42.6 Å². The van der Waals surface area contributed by atoms with Crippen LogP contribution in [0.25, 0.3) is 0 Å². The van der Waals surface area contributed by atoms with Crippen molar-refractivity contribution in [1.82, 2.24) is 10.6 Å². The van der Waals surface area contributed by atoms with Gasteiger partial charge in [-0.1, -0.05) is 41.9 Å². The minimum Gasteiger partial charge on any atom is -0.493 e. The van der Waals surface area contributed by atoms with Gasteiger partial charge in [0, 0.05) is 11.6 Å². The van der Waals surface area contributed by atoms with Crippen LogP contribution in [0.3, 0.4) is 0 Å². The van der Waals surface area contributed by atoms with Gasteiger partial charge in [0.15, 0.2) is 11.5 Å². The van der Waals surface area contributed by atoms with Crippen molar-refractivity contribution in [2.24, 2.45) is 0 Å². The Hall–Kier alpha value is -2.17. The SMILES string of the molecule is COc1ccccc1OC(CCc1ccc(Cl)cc1)C1NC=CCN1. The van der Waals surface area contributed by atoms with Crippen LogP contribution in [0.5, 0.6) is 11.5 Å². The average Bonchev–Trinajstić information content (AvgIpc) is 2.67. The number of ether oxygens (including phenoxy) is 2. The Morgan fingerprint density at radius 3 is 2.56 bits per heavy atom. The van der Waals surface area contributed by atoms with Crippen LogP contribution < -0.4 is 20.1 Å². The molecular weight excluding hydrogens is 336 g/mol. The molecule has 5 heteroatoms. The molecule has 2 atom stereocenters. The van der Waals surface area contributed by atoms with Gasteiger partial charge in [-0.2, -0.15) is 0 Å². The summed E-state index contributed by atoms with van der Waals surface area (Å²) in [6.07, 6.45) is 5.79. The molecule has 1 heterocycles. The molecule has 2 aromatic rings. The molecule has 25 heavy (non-hydrogen) atoms. The molecule has 0 aromatic heterocycles. The van der Waals surface area contributed by atoms with Crippen molar-refractivity contribution in [1.29, 1.82) is 0 Å². The van der Waals surface area contributed by atoms with E-state index in [1.165, 1.54) is 5.56 Å². The highest BCUT2D eigenvalue weighted by molar-refractivity contribution is 6.30. The summed E-state index contributed by atoms with van der Waals surface area (Å²) in [7, 11) is 1.66. The number of hydrogen-bond donors (Lipinski definition) is 2. The van der Waals surface area contributed by atoms with Crippen LogP contribution in [0.4, 0.5) is 0 Å². The van der Waals surface area contributed by atoms with E-state index in [0.29, 0.717) is 0 Å². The minimum absolute atomic E-state index is 0.0437. The van der Waals surface area contributed by atoms with Crippen LogP contribution in [0, 0.1) is 0 Å². The van der Waals surface area contributed by atoms with Gasteiger partial charge >= 0.3 is 0 Å². The quantitative estimate of drug-likeness (QED) is 0.790. The van der Waals surface area contributed by atoms with E-state index in [9.17, 15) is 0 Å². The van der Waals surface area contributed by atoms with Crippen LogP contribution in [-0.4, -0.2) is 25.9 Å². The predicted octanol–water partition coefficient (Wildman–Crippen LogP) is 3.76. The zero-order chi connectivity index (χ0) is 17.5. The first-order chi connectivity index (χ1) is 12.3. The largest absolute Gasteiger partial charge is 0.493 e. The minimum atomic E-state index is -0.0445. The Bertz CT molecular complexity index is 703. The molecule has 0 saturated heterocycles. The van der Waals surface area contributed by atoms with Gasteiger partial charge in [0.25, 0.3) is 0 Å². The van der Waals surface area contributed by atoms with Crippen LogP contribution in [0.1, 0.15) is 12.0 Å². The highest BCUT2D eigenvalue weighted by atomic mass is 35.5. The van der Waals surface area contributed by atoms with Crippen molar-refractivity contribution in [2.45, 2.75) is 25.1 Å². The summed E-state index contributed by atoms with van der Waals surface area (Å²) in [5.74, 6) is 1.50. The van der Waals surface area contributed by atoms with Crippen LogP contribution in [0.2, 0.25) is 5.02 Å². The Morgan fingerprint density at radius 1 is 1.12 bits per heavy atom. The number of halogens is 1. The lowest BCUT2D eigenvalue weighted by Crippen LogP contribution is -2.53. The number of para-hydroxylation sites is 2. The second-order valence-electron chi connectivity index (χ2n) is 5.93. The molecule has 0 radical (unpaired) electrons. The van der Waals surface area contributed by atoms with Gasteiger partial charge in [-0.25, -0.2) is 0 Å². The fraction of sp³-hybridized carbons (Fsp3) is 0.300. The summed E-state index contributed by atoms with van der Waals surface area (Å²) in [6.45, 7) is 0.824. The summed E-state index contributed by atoms with van der Waals surface area (Å²) in [4.78, 5) is 0. The second-order valence-corrected chi connectivity index (χ2v) is 6.36. The second kappa shape index (κ2) is 8.79. The third-order valence-corrected chi connectivity index (χ3v) is 4.45. The van der Waals surface area contributed by atoms with E-state index in [2.05, 4.69) is 28.8 Å².